The molecular weight excluding hydrogens is 464 g/mol. The van der Waals surface area contributed by atoms with Crippen LogP contribution in [-0.2, 0) is 16.1 Å². The van der Waals surface area contributed by atoms with Gasteiger partial charge in [-0.15, -0.1) is 0 Å². The van der Waals surface area contributed by atoms with Crippen molar-refractivity contribution in [2.45, 2.75) is 30.8 Å². The molecule has 1 saturated heterocycles. The Labute approximate surface area is 209 Å². The fourth-order valence-electron chi connectivity index (χ4n) is 5.16. The maximum Gasteiger partial charge on any atom is 0.408 e. The van der Waals surface area contributed by atoms with Gasteiger partial charge in [0.1, 0.15) is 12.1 Å². The number of amides is 1. The van der Waals surface area contributed by atoms with Gasteiger partial charge in [0.25, 0.3) is 0 Å². The number of piperidine rings is 1. The van der Waals surface area contributed by atoms with Crippen LogP contribution < -0.4 is 5.32 Å². The Hall–Kier alpha value is -3.35. The van der Waals surface area contributed by atoms with Gasteiger partial charge in [0.05, 0.1) is 0 Å². The van der Waals surface area contributed by atoms with Crippen molar-refractivity contribution in [3.8, 4) is 11.1 Å². The standard InChI is InChI=1S/C28H27ClN2O4/c29-20-11-9-19(10-12-20)17-31-15-13-28(14-16-31,26(32)33)30-27(34)35-18-25-23-7-3-1-5-21(23)22-6-2-4-8-24(22)25/h1-12,25H,13-18H2,(H,30,34)(H,32,33). The Bertz CT molecular complexity index is 1190. The van der Waals surface area contributed by atoms with Gasteiger partial charge >= 0.3 is 12.1 Å². The fourth-order valence-corrected chi connectivity index (χ4v) is 5.29. The van der Waals surface area contributed by atoms with E-state index in [1.807, 2.05) is 48.5 Å². The van der Waals surface area contributed by atoms with E-state index in [1.165, 1.54) is 0 Å². The molecule has 1 aliphatic carbocycles. The topological polar surface area (TPSA) is 78.9 Å². The summed E-state index contributed by atoms with van der Waals surface area (Å²) in [6.07, 6.45) is -0.0827. The Morgan fingerprint density at radius 1 is 0.943 bits per heavy atom. The number of fused-ring (bicyclic) bond motifs is 3. The van der Waals surface area contributed by atoms with Crippen molar-refractivity contribution in [2.75, 3.05) is 19.7 Å². The number of carboxylic acid groups (broad SMARTS) is 1. The zero-order valence-electron chi connectivity index (χ0n) is 19.2. The number of carbonyl (C=O) groups excluding carboxylic acids is 1. The van der Waals surface area contributed by atoms with E-state index in [9.17, 15) is 14.7 Å². The highest BCUT2D eigenvalue weighted by Crippen LogP contribution is 2.44. The first-order valence-corrected chi connectivity index (χ1v) is 12.2. The predicted octanol–water partition coefficient (Wildman–Crippen LogP) is 5.30. The van der Waals surface area contributed by atoms with Gasteiger partial charge in [-0.05, 0) is 52.8 Å². The lowest BCUT2D eigenvalue weighted by Gasteiger charge is -2.39. The average Bonchev–Trinajstić information content (AvgIpc) is 3.19. The van der Waals surface area contributed by atoms with Gasteiger partial charge < -0.3 is 15.2 Å². The molecule has 1 amide bonds. The summed E-state index contributed by atoms with van der Waals surface area (Å²) in [6, 6.07) is 23.9. The van der Waals surface area contributed by atoms with E-state index in [1.54, 1.807) is 0 Å². The Kier molecular flexibility index (Phi) is 6.50. The summed E-state index contributed by atoms with van der Waals surface area (Å²) < 4.78 is 5.61. The highest BCUT2D eigenvalue weighted by molar-refractivity contribution is 6.30. The summed E-state index contributed by atoms with van der Waals surface area (Å²) in [5.74, 6) is -1.10. The van der Waals surface area contributed by atoms with Gasteiger partial charge in [-0.25, -0.2) is 9.59 Å². The lowest BCUT2D eigenvalue weighted by molar-refractivity contribution is -0.147. The molecule has 0 spiro atoms. The molecule has 1 aliphatic heterocycles. The van der Waals surface area contributed by atoms with Crippen LogP contribution in [0.4, 0.5) is 4.79 Å². The first-order chi connectivity index (χ1) is 16.9. The van der Waals surface area contributed by atoms with Crippen LogP contribution in [0.5, 0.6) is 0 Å². The molecule has 5 rings (SSSR count). The molecule has 2 N–H and O–H groups in total. The first-order valence-electron chi connectivity index (χ1n) is 11.8. The van der Waals surface area contributed by atoms with Crippen LogP contribution in [0.15, 0.2) is 72.8 Å². The van der Waals surface area contributed by atoms with Crippen molar-refractivity contribution in [3.05, 3.63) is 94.5 Å². The molecule has 6 nitrogen and oxygen atoms in total. The summed E-state index contributed by atoms with van der Waals surface area (Å²) in [5, 5.41) is 13.4. The van der Waals surface area contributed by atoms with Gasteiger partial charge in [0.2, 0.25) is 0 Å². The molecule has 3 aromatic carbocycles. The number of alkyl carbamates (subject to hydrolysis) is 1. The third-order valence-corrected chi connectivity index (χ3v) is 7.38. The minimum atomic E-state index is -1.33. The lowest BCUT2D eigenvalue weighted by atomic mass is 9.87. The van der Waals surface area contributed by atoms with E-state index >= 15 is 0 Å². The molecule has 0 atom stereocenters. The van der Waals surface area contributed by atoms with Gasteiger partial charge in [-0.1, -0.05) is 72.3 Å². The number of halogens is 1. The molecule has 0 unspecified atom stereocenters. The predicted molar refractivity (Wildman–Crippen MR) is 135 cm³/mol. The molecule has 3 aromatic rings. The number of nitrogens with zero attached hydrogens (tertiary/aromatic N) is 1. The number of nitrogens with one attached hydrogen (secondary N) is 1. The summed E-state index contributed by atoms with van der Waals surface area (Å²) in [7, 11) is 0. The van der Waals surface area contributed by atoms with Crippen LogP contribution in [0, 0.1) is 0 Å². The molecular formula is C28H27ClN2O4. The minimum Gasteiger partial charge on any atom is -0.480 e. The van der Waals surface area contributed by atoms with Gasteiger partial charge in [0, 0.05) is 30.6 Å². The van der Waals surface area contributed by atoms with E-state index in [0.717, 1.165) is 27.8 Å². The molecule has 35 heavy (non-hydrogen) atoms. The highest BCUT2D eigenvalue weighted by Gasteiger charge is 2.43. The minimum absolute atomic E-state index is 0.0739. The van der Waals surface area contributed by atoms with Crippen LogP contribution >= 0.6 is 11.6 Å². The SMILES string of the molecule is O=C(NC1(C(=O)O)CCN(Cc2ccc(Cl)cc2)CC1)OCC1c2ccccc2-c2ccccc21. The number of benzene rings is 3. The maximum atomic E-state index is 12.8. The molecule has 0 bridgehead atoms. The summed E-state index contributed by atoms with van der Waals surface area (Å²) in [5.41, 5.74) is 4.30. The molecule has 2 aliphatic rings. The largest absolute Gasteiger partial charge is 0.480 e. The number of hydrogen-bond acceptors (Lipinski definition) is 4. The molecule has 1 heterocycles. The van der Waals surface area contributed by atoms with Crippen LogP contribution in [0.25, 0.3) is 11.1 Å². The number of likely N-dealkylation sites (tertiary alicyclic amines) is 1. The molecule has 180 valence electrons. The second kappa shape index (κ2) is 9.72. The van der Waals surface area contributed by atoms with Crippen molar-refractivity contribution >= 4 is 23.7 Å². The quantitative estimate of drug-likeness (QED) is 0.490. The van der Waals surface area contributed by atoms with Gasteiger partial charge in [-0.3, -0.25) is 4.90 Å². The van der Waals surface area contributed by atoms with Crippen LogP contribution in [0.3, 0.4) is 0 Å². The third kappa shape index (κ3) is 4.77. The Morgan fingerprint density at radius 2 is 1.51 bits per heavy atom. The number of hydrogen-bond donors (Lipinski definition) is 2. The fraction of sp³-hybridized carbons (Fsp3) is 0.286. The van der Waals surface area contributed by atoms with Crippen molar-refractivity contribution in [1.82, 2.24) is 10.2 Å². The van der Waals surface area contributed by atoms with E-state index in [-0.39, 0.29) is 12.5 Å². The van der Waals surface area contributed by atoms with Gasteiger partial charge in [0.15, 0.2) is 0 Å². The highest BCUT2D eigenvalue weighted by atomic mass is 35.5. The zero-order chi connectivity index (χ0) is 24.4. The molecule has 1 fully saturated rings. The van der Waals surface area contributed by atoms with E-state index in [4.69, 9.17) is 16.3 Å². The second-order valence-electron chi connectivity index (χ2n) is 9.24. The Balaban J connectivity index is 1.21. The van der Waals surface area contributed by atoms with E-state index in [2.05, 4.69) is 34.5 Å². The zero-order valence-corrected chi connectivity index (χ0v) is 20.0. The third-order valence-electron chi connectivity index (χ3n) is 7.12. The number of aliphatic carboxylic acids is 1. The van der Waals surface area contributed by atoms with Crippen molar-refractivity contribution < 1.29 is 19.4 Å². The number of rotatable bonds is 6. The number of ether oxygens (including phenoxy) is 1. The number of carboxylic acids is 1. The normalized spacial score (nSPS) is 16.8. The summed E-state index contributed by atoms with van der Waals surface area (Å²) >= 11 is 5.96. The molecule has 0 saturated carbocycles. The van der Waals surface area contributed by atoms with E-state index < -0.39 is 17.6 Å². The van der Waals surface area contributed by atoms with Crippen molar-refractivity contribution in [1.29, 1.82) is 0 Å². The lowest BCUT2D eigenvalue weighted by Crippen LogP contribution is -2.60. The van der Waals surface area contributed by atoms with Gasteiger partial charge in [-0.2, -0.15) is 0 Å². The first kappa shape index (κ1) is 23.4. The maximum absolute atomic E-state index is 12.8. The molecule has 0 radical (unpaired) electrons. The van der Waals surface area contributed by atoms with Crippen LogP contribution in [0.2, 0.25) is 5.02 Å². The van der Waals surface area contributed by atoms with Crippen LogP contribution in [0.1, 0.15) is 35.4 Å². The summed E-state index contributed by atoms with van der Waals surface area (Å²) in [6.45, 7) is 1.97. The number of carbonyl (C=O) groups is 2. The van der Waals surface area contributed by atoms with Crippen molar-refractivity contribution in [2.24, 2.45) is 0 Å². The molecule has 7 heteroatoms. The average molecular weight is 491 g/mol. The molecule has 0 aromatic heterocycles. The van der Waals surface area contributed by atoms with E-state index in [0.29, 0.717) is 37.5 Å². The second-order valence-corrected chi connectivity index (χ2v) is 9.68. The summed E-state index contributed by atoms with van der Waals surface area (Å²) in [4.78, 5) is 27.2. The monoisotopic (exact) mass is 490 g/mol. The Morgan fingerprint density at radius 3 is 2.09 bits per heavy atom. The van der Waals surface area contributed by atoms with Crippen LogP contribution in [-0.4, -0.2) is 47.3 Å². The van der Waals surface area contributed by atoms with Crippen molar-refractivity contribution in [3.63, 3.8) is 0 Å². The smallest absolute Gasteiger partial charge is 0.408 e.